The SMILES string of the molecule is COc1ccc(CNCc2cc(OC)cc(OC)c2OC)cc1. The highest BCUT2D eigenvalue weighted by Gasteiger charge is 2.12. The molecule has 0 unspecified atom stereocenters. The van der Waals surface area contributed by atoms with E-state index in [1.54, 1.807) is 28.4 Å². The summed E-state index contributed by atoms with van der Waals surface area (Å²) < 4.78 is 21.3. The molecule has 0 bridgehead atoms. The fourth-order valence-corrected chi connectivity index (χ4v) is 2.35. The van der Waals surface area contributed by atoms with E-state index in [4.69, 9.17) is 18.9 Å². The lowest BCUT2D eigenvalue weighted by molar-refractivity contribution is 0.344. The van der Waals surface area contributed by atoms with E-state index in [1.807, 2.05) is 36.4 Å². The second-order valence-electron chi connectivity index (χ2n) is 4.97. The van der Waals surface area contributed by atoms with E-state index < -0.39 is 0 Å². The highest BCUT2D eigenvalue weighted by atomic mass is 16.5. The van der Waals surface area contributed by atoms with E-state index in [0.717, 1.165) is 29.4 Å². The first-order chi connectivity index (χ1) is 11.2. The number of hydrogen-bond donors (Lipinski definition) is 1. The Balaban J connectivity index is 2.06. The van der Waals surface area contributed by atoms with Gasteiger partial charge in [0.15, 0.2) is 11.5 Å². The normalized spacial score (nSPS) is 10.3. The molecule has 0 aliphatic heterocycles. The maximum Gasteiger partial charge on any atom is 0.165 e. The smallest absolute Gasteiger partial charge is 0.165 e. The Labute approximate surface area is 137 Å². The van der Waals surface area contributed by atoms with Crippen LogP contribution >= 0.6 is 0 Å². The number of hydrogen-bond acceptors (Lipinski definition) is 5. The summed E-state index contributed by atoms with van der Waals surface area (Å²) in [4.78, 5) is 0. The van der Waals surface area contributed by atoms with Crippen LogP contribution in [-0.2, 0) is 13.1 Å². The van der Waals surface area contributed by atoms with Crippen LogP contribution in [0.2, 0.25) is 0 Å². The Morgan fingerprint density at radius 3 is 2.00 bits per heavy atom. The van der Waals surface area contributed by atoms with Crippen molar-refractivity contribution in [1.82, 2.24) is 5.32 Å². The van der Waals surface area contributed by atoms with Crippen LogP contribution < -0.4 is 24.3 Å². The molecule has 0 atom stereocenters. The van der Waals surface area contributed by atoms with Gasteiger partial charge in [0.05, 0.1) is 28.4 Å². The summed E-state index contributed by atoms with van der Waals surface area (Å²) in [5.74, 6) is 2.97. The minimum Gasteiger partial charge on any atom is -0.497 e. The molecule has 0 spiro atoms. The Hall–Kier alpha value is -2.40. The summed E-state index contributed by atoms with van der Waals surface area (Å²) in [6.07, 6.45) is 0. The third-order valence-corrected chi connectivity index (χ3v) is 3.57. The van der Waals surface area contributed by atoms with Crippen LogP contribution in [0.3, 0.4) is 0 Å². The fraction of sp³-hybridized carbons (Fsp3) is 0.333. The van der Waals surface area contributed by atoms with E-state index in [2.05, 4.69) is 5.32 Å². The topological polar surface area (TPSA) is 49.0 Å². The zero-order chi connectivity index (χ0) is 16.7. The fourth-order valence-electron chi connectivity index (χ4n) is 2.35. The van der Waals surface area contributed by atoms with Gasteiger partial charge in [0.25, 0.3) is 0 Å². The van der Waals surface area contributed by atoms with E-state index in [0.29, 0.717) is 12.3 Å². The summed E-state index contributed by atoms with van der Waals surface area (Å²) in [7, 11) is 6.55. The molecule has 124 valence electrons. The van der Waals surface area contributed by atoms with Gasteiger partial charge in [-0.25, -0.2) is 0 Å². The van der Waals surface area contributed by atoms with E-state index in [9.17, 15) is 0 Å². The number of methoxy groups -OCH3 is 4. The van der Waals surface area contributed by atoms with Crippen molar-refractivity contribution >= 4 is 0 Å². The van der Waals surface area contributed by atoms with Crippen LogP contribution in [0.5, 0.6) is 23.0 Å². The molecule has 0 aromatic heterocycles. The van der Waals surface area contributed by atoms with Crippen LogP contribution in [0.15, 0.2) is 36.4 Å². The molecule has 0 amide bonds. The van der Waals surface area contributed by atoms with E-state index in [1.165, 1.54) is 5.56 Å². The number of ether oxygens (including phenoxy) is 4. The van der Waals surface area contributed by atoms with Gasteiger partial charge in [-0.15, -0.1) is 0 Å². The third-order valence-electron chi connectivity index (χ3n) is 3.57. The lowest BCUT2D eigenvalue weighted by atomic mass is 10.1. The summed E-state index contributed by atoms with van der Waals surface area (Å²) in [5.41, 5.74) is 2.16. The Bertz CT molecular complexity index is 626. The van der Waals surface area contributed by atoms with Crippen molar-refractivity contribution in [2.24, 2.45) is 0 Å². The van der Waals surface area contributed by atoms with Gasteiger partial charge < -0.3 is 24.3 Å². The monoisotopic (exact) mass is 317 g/mol. The van der Waals surface area contributed by atoms with Gasteiger partial charge in [0, 0.05) is 24.7 Å². The van der Waals surface area contributed by atoms with Gasteiger partial charge in [-0.2, -0.15) is 0 Å². The predicted octanol–water partition coefficient (Wildman–Crippen LogP) is 3.01. The van der Waals surface area contributed by atoms with Gasteiger partial charge in [0.2, 0.25) is 0 Å². The maximum atomic E-state index is 5.46. The molecule has 2 aromatic carbocycles. The van der Waals surface area contributed by atoms with Gasteiger partial charge in [0.1, 0.15) is 11.5 Å². The van der Waals surface area contributed by atoms with Crippen LogP contribution in [0, 0.1) is 0 Å². The van der Waals surface area contributed by atoms with Gasteiger partial charge in [-0.1, -0.05) is 12.1 Å². The van der Waals surface area contributed by atoms with Crippen molar-refractivity contribution < 1.29 is 18.9 Å². The molecule has 23 heavy (non-hydrogen) atoms. The Kier molecular flexibility index (Phi) is 6.11. The van der Waals surface area contributed by atoms with Crippen LogP contribution in [0.4, 0.5) is 0 Å². The third kappa shape index (κ3) is 4.29. The van der Waals surface area contributed by atoms with Crippen molar-refractivity contribution in [3.63, 3.8) is 0 Å². The van der Waals surface area contributed by atoms with E-state index >= 15 is 0 Å². The van der Waals surface area contributed by atoms with Crippen molar-refractivity contribution in [3.05, 3.63) is 47.5 Å². The average Bonchev–Trinajstić information content (AvgIpc) is 2.61. The summed E-state index contributed by atoms with van der Waals surface area (Å²) in [5, 5.41) is 3.40. The average molecular weight is 317 g/mol. The summed E-state index contributed by atoms with van der Waals surface area (Å²) in [6, 6.07) is 11.7. The molecule has 1 N–H and O–H groups in total. The minimum absolute atomic E-state index is 0.642. The molecule has 0 saturated heterocycles. The van der Waals surface area contributed by atoms with Crippen molar-refractivity contribution in [2.75, 3.05) is 28.4 Å². The first kappa shape index (κ1) is 17.0. The number of nitrogens with one attached hydrogen (secondary N) is 1. The largest absolute Gasteiger partial charge is 0.497 e. The second kappa shape index (κ2) is 8.29. The summed E-state index contributed by atoms with van der Waals surface area (Å²) in [6.45, 7) is 1.38. The Morgan fingerprint density at radius 2 is 1.43 bits per heavy atom. The maximum absolute atomic E-state index is 5.46. The lowest BCUT2D eigenvalue weighted by Crippen LogP contribution is -2.13. The number of benzene rings is 2. The van der Waals surface area contributed by atoms with Crippen LogP contribution in [0.1, 0.15) is 11.1 Å². The van der Waals surface area contributed by atoms with Crippen molar-refractivity contribution in [2.45, 2.75) is 13.1 Å². The standard InChI is InChI=1S/C18H23NO4/c1-20-15-7-5-13(6-8-15)11-19-12-14-9-16(21-2)10-17(22-3)18(14)23-4/h5-10,19H,11-12H2,1-4H3. The van der Waals surface area contributed by atoms with E-state index in [-0.39, 0.29) is 0 Å². The van der Waals surface area contributed by atoms with Gasteiger partial charge in [-0.3, -0.25) is 0 Å². The van der Waals surface area contributed by atoms with Crippen LogP contribution in [-0.4, -0.2) is 28.4 Å². The van der Waals surface area contributed by atoms with Crippen LogP contribution in [0.25, 0.3) is 0 Å². The molecular weight excluding hydrogens is 294 g/mol. The summed E-state index contributed by atoms with van der Waals surface area (Å²) >= 11 is 0. The molecule has 5 nitrogen and oxygen atoms in total. The lowest BCUT2D eigenvalue weighted by Gasteiger charge is -2.15. The molecule has 0 saturated carbocycles. The predicted molar refractivity (Wildman–Crippen MR) is 89.6 cm³/mol. The zero-order valence-corrected chi connectivity index (χ0v) is 14.0. The molecule has 5 heteroatoms. The highest BCUT2D eigenvalue weighted by molar-refractivity contribution is 5.51. The molecule has 0 heterocycles. The van der Waals surface area contributed by atoms with Crippen molar-refractivity contribution in [3.8, 4) is 23.0 Å². The molecule has 2 rings (SSSR count). The first-order valence-corrected chi connectivity index (χ1v) is 7.34. The van der Waals surface area contributed by atoms with Gasteiger partial charge in [-0.05, 0) is 23.8 Å². The molecule has 2 aromatic rings. The molecule has 0 radical (unpaired) electrons. The molecule has 0 aliphatic carbocycles. The molecular formula is C18H23NO4. The van der Waals surface area contributed by atoms with Gasteiger partial charge >= 0.3 is 0 Å². The zero-order valence-electron chi connectivity index (χ0n) is 14.0. The quantitative estimate of drug-likeness (QED) is 0.811. The Morgan fingerprint density at radius 1 is 0.739 bits per heavy atom. The van der Waals surface area contributed by atoms with Crippen molar-refractivity contribution in [1.29, 1.82) is 0 Å². The second-order valence-corrected chi connectivity index (χ2v) is 4.97. The molecule has 0 fully saturated rings. The highest BCUT2D eigenvalue weighted by Crippen LogP contribution is 2.35. The molecule has 0 aliphatic rings. The minimum atomic E-state index is 0.642. The first-order valence-electron chi connectivity index (χ1n) is 7.34. The number of rotatable bonds is 8.